The lowest BCUT2D eigenvalue weighted by molar-refractivity contribution is -0.150. The van der Waals surface area contributed by atoms with E-state index in [2.05, 4.69) is 52.7 Å². The fourth-order valence-electron chi connectivity index (χ4n) is 15.6. The number of aliphatic carboxylic acids is 1. The van der Waals surface area contributed by atoms with Crippen LogP contribution in [0.1, 0.15) is 87.5 Å². The Morgan fingerprint density at radius 2 is 0.808 bits per heavy atom. The molecule has 0 spiro atoms. The smallest absolute Gasteiger partial charge is 0.411 e. The number of carbonyl (C=O) groups excluding carboxylic acids is 8. The van der Waals surface area contributed by atoms with Crippen molar-refractivity contribution in [1.29, 1.82) is 0 Å². The first kappa shape index (κ1) is 103. The Morgan fingerprint density at radius 3 is 1.08 bits per heavy atom. The van der Waals surface area contributed by atoms with E-state index in [0.717, 1.165) is 32.8 Å². The summed E-state index contributed by atoms with van der Waals surface area (Å²) in [7, 11) is 16.1. The number of likely N-dealkylation sites (tertiary alicyclic amines) is 3. The van der Waals surface area contributed by atoms with Gasteiger partial charge in [-0.15, -0.1) is 32.1 Å². The van der Waals surface area contributed by atoms with Gasteiger partial charge in [-0.05, 0) is 97.2 Å². The molecular formula is C95H108B2ClN9O20S3. The lowest BCUT2D eigenvalue weighted by Crippen LogP contribution is -2.53. The normalized spacial score (nSPS) is 22.0. The minimum atomic E-state index is -1.18. The highest BCUT2D eigenvalue weighted by Crippen LogP contribution is 2.48. The molecule has 15 rings (SSSR count). The molecule has 6 heterocycles. The summed E-state index contributed by atoms with van der Waals surface area (Å²) in [6, 6.07) is 48.3. The number of carboxylic acid groups (broad SMARTS) is 1. The lowest BCUT2D eigenvalue weighted by atomic mass is 10.1. The van der Waals surface area contributed by atoms with E-state index in [-0.39, 0.29) is 109 Å². The Labute approximate surface area is 781 Å². The van der Waals surface area contributed by atoms with Crippen LogP contribution in [-0.2, 0) is 70.1 Å². The van der Waals surface area contributed by atoms with Gasteiger partial charge >= 0.3 is 30.0 Å². The predicted octanol–water partition coefficient (Wildman–Crippen LogP) is 13.7. The number of nitrogens with one attached hydrogen (secondary N) is 2. The molecule has 5 N–H and O–H groups in total. The average Bonchev–Trinajstić information content (AvgIpc) is 1.58. The number of benzene rings is 6. The van der Waals surface area contributed by atoms with Crippen LogP contribution in [0.4, 0.5) is 14.4 Å². The second-order valence-electron chi connectivity index (χ2n) is 32.0. The number of carbonyl (C=O) groups is 9. The standard InChI is InChI=1S/2C30H30BN3O6.C26H28N2O6.C8H13NO2.CH4.ClH.S2.H2S/c2*1-4-19-16-30(19,28(36)39-5-2)33-27(35)25-14-21(17-34(25)29(31)37)40-26-15-23(18-9-7-6-8-10-18)32-24-13-20(38-3)11-12-22(24)26;1-26(2,3)34-25(31)28-15-18(13-22(28)24(29)30)33-23-14-20(16-8-6-5-7-9-16)27-21-12-17(32-4)10-11-19(21)23;1-3-6-5-8(6,9)7(10)11-4-2;;;1-2;/h2*4,6-13,15,19,21,25H,1,5,14,16-17H2,2-3H3,(H,33,35);5-12,14,18,22H,13,15H2,1-4H3,(H,29,30);3,6H,1,4-5,9H2,2H3;1H4;1H;;1H2/t19?,21-,25+,30+;19?,21-,25+,30-;18-,22+;;;;;/m111...../s1. The number of nitrogens with two attached hydrogens (primary N) is 1. The number of aromatic nitrogens is 3. The average molecular weight is 1850 g/mol. The van der Waals surface area contributed by atoms with Crippen LogP contribution in [0.15, 0.2) is 202 Å². The van der Waals surface area contributed by atoms with Crippen LogP contribution in [0.2, 0.25) is 0 Å². The van der Waals surface area contributed by atoms with Gasteiger partial charge in [-0.2, -0.15) is 13.5 Å². The number of halogens is 1. The number of nitrogens with zero attached hydrogens (tertiary/aromatic N) is 6. The van der Waals surface area contributed by atoms with Crippen LogP contribution >= 0.6 is 25.9 Å². The van der Waals surface area contributed by atoms with E-state index >= 15 is 0 Å². The molecule has 29 nitrogen and oxygen atoms in total. The number of esters is 3. The maximum Gasteiger partial charge on any atom is 0.411 e. The van der Waals surface area contributed by atoms with Crippen molar-refractivity contribution < 1.29 is 95.6 Å². The zero-order valence-corrected chi connectivity index (χ0v) is 76.4. The van der Waals surface area contributed by atoms with Crippen molar-refractivity contribution in [1.82, 2.24) is 40.3 Å². The zero-order chi connectivity index (χ0) is 91.8. The van der Waals surface area contributed by atoms with Gasteiger partial charge in [0.25, 0.3) is 0 Å². The summed E-state index contributed by atoms with van der Waals surface area (Å²) < 4.78 is 55.9. The van der Waals surface area contributed by atoms with Crippen molar-refractivity contribution >= 4 is 150 Å². The van der Waals surface area contributed by atoms with E-state index in [4.69, 9.17) is 83.7 Å². The van der Waals surface area contributed by atoms with E-state index in [0.29, 0.717) is 94.0 Å². The molecule has 3 aliphatic heterocycles. The summed E-state index contributed by atoms with van der Waals surface area (Å²) in [5, 5.41) is 17.6. The minimum absolute atomic E-state index is 0. The fraction of sp³-hybridized carbons (Fsp3) is 0.368. The number of ether oxygens (including phenoxy) is 10. The summed E-state index contributed by atoms with van der Waals surface area (Å²) in [5.74, 6) is -1.64. The molecule has 12 atom stereocenters. The van der Waals surface area contributed by atoms with Crippen LogP contribution in [0.5, 0.6) is 34.5 Å². The number of hydrogen-bond acceptors (Lipinski definition) is 25. The summed E-state index contributed by atoms with van der Waals surface area (Å²) >= 11 is 7.33. The third kappa shape index (κ3) is 24.1. The lowest BCUT2D eigenvalue weighted by Gasteiger charge is -2.26. The van der Waals surface area contributed by atoms with Gasteiger partial charge in [-0.3, -0.25) is 28.9 Å². The van der Waals surface area contributed by atoms with Crippen LogP contribution in [-0.4, -0.2) is 223 Å². The van der Waals surface area contributed by atoms with Gasteiger partial charge in [0.05, 0.1) is 94.4 Å². The number of pyridine rings is 3. The first-order valence-electron chi connectivity index (χ1n) is 41.3. The molecule has 684 valence electrons. The number of rotatable bonds is 26. The molecule has 35 heteroatoms. The fourth-order valence-corrected chi connectivity index (χ4v) is 15.6. The van der Waals surface area contributed by atoms with E-state index in [1.54, 1.807) is 81.1 Å². The molecule has 0 bridgehead atoms. The molecule has 9 aromatic rings. The van der Waals surface area contributed by atoms with Gasteiger partial charge in [0.1, 0.15) is 93.2 Å². The van der Waals surface area contributed by atoms with Crippen molar-refractivity contribution in [2.75, 3.05) is 60.8 Å². The number of carboxylic acids is 1. The molecule has 4 radical (unpaired) electrons. The predicted molar refractivity (Wildman–Crippen MR) is 509 cm³/mol. The van der Waals surface area contributed by atoms with Gasteiger partial charge in [-0.25, -0.2) is 34.1 Å². The largest absolute Gasteiger partial charge is 0.497 e. The summed E-state index contributed by atoms with van der Waals surface area (Å²) in [5.41, 5.74) is 8.74. The topological polar surface area (TPSA) is 365 Å². The first-order chi connectivity index (χ1) is 60.9. The van der Waals surface area contributed by atoms with E-state index in [1.807, 2.05) is 164 Å². The SMILES string of the molecule is C.C=CC1CC1(N)C(=O)OCC.COc1ccc2c(O[C@@H]3C[C@@H](C(=O)O)N(C(=O)OC(C)(C)C)C3)cc(-c3ccccc3)nc2c1.Cl.S.S=S.[B]C(=O)N1C[C@H](Oc2cc(-c3ccccc3)nc3cc(OC)ccc23)C[C@H]1C(=O)N[C@@]1(C(=O)OCC)CC1C=C.[B]C(=O)N1C[C@H](Oc2cc(-c3ccccc3)nc3cc(OC)ccc23)C[C@H]1C(=O)N[C@]1(C(=O)OCC)CC1C=C. The molecule has 6 fully saturated rings. The third-order valence-corrected chi connectivity index (χ3v) is 22.5. The quantitative estimate of drug-likeness (QED) is 0.0169. The summed E-state index contributed by atoms with van der Waals surface area (Å²) in [6.07, 6.45) is 4.67. The highest BCUT2D eigenvalue weighted by molar-refractivity contribution is 8.07. The van der Waals surface area contributed by atoms with Crippen molar-refractivity contribution in [2.45, 2.75) is 146 Å². The third-order valence-electron chi connectivity index (χ3n) is 22.5. The Morgan fingerprint density at radius 1 is 0.492 bits per heavy atom. The van der Waals surface area contributed by atoms with E-state index in [9.17, 15) is 48.3 Å². The maximum atomic E-state index is 13.4. The number of amides is 5. The van der Waals surface area contributed by atoms with Crippen molar-refractivity contribution in [3.05, 3.63) is 202 Å². The highest BCUT2D eigenvalue weighted by atomic mass is 35.5. The molecule has 3 aliphatic carbocycles. The monoisotopic (exact) mass is 1850 g/mol. The molecule has 6 aliphatic rings. The Balaban J connectivity index is 0.000000223. The first-order valence-corrected chi connectivity index (χ1v) is 42.7. The second kappa shape index (κ2) is 45.3. The van der Waals surface area contributed by atoms with Crippen molar-refractivity contribution in [3.63, 3.8) is 0 Å². The van der Waals surface area contributed by atoms with Crippen LogP contribution in [0, 0.1) is 17.8 Å². The van der Waals surface area contributed by atoms with Gasteiger partial charge in [0.2, 0.25) is 27.5 Å². The maximum absolute atomic E-state index is 13.4. The molecule has 3 aromatic heterocycles. The zero-order valence-electron chi connectivity index (χ0n) is 73.0. The Bertz CT molecular complexity index is 5380. The number of fused-ring (bicyclic) bond motifs is 3. The minimum Gasteiger partial charge on any atom is -0.497 e. The van der Waals surface area contributed by atoms with Crippen LogP contribution in [0.3, 0.4) is 0 Å². The summed E-state index contributed by atoms with van der Waals surface area (Å²) in [6.45, 7) is 22.6. The highest BCUT2D eigenvalue weighted by Gasteiger charge is 2.63. The molecule has 3 saturated heterocycles. The molecule has 130 heavy (non-hydrogen) atoms. The van der Waals surface area contributed by atoms with Crippen LogP contribution < -0.4 is 44.8 Å². The van der Waals surface area contributed by atoms with Gasteiger partial charge in [-0.1, -0.05) is 117 Å². The summed E-state index contributed by atoms with van der Waals surface area (Å²) in [4.78, 5) is 131. The van der Waals surface area contributed by atoms with Gasteiger partial charge in [0, 0.05) is 129 Å². The molecule has 6 aromatic carbocycles. The van der Waals surface area contributed by atoms with Crippen molar-refractivity contribution in [3.8, 4) is 68.3 Å². The molecule has 5 amide bonds. The van der Waals surface area contributed by atoms with Gasteiger partial charge in [0.15, 0.2) is 11.6 Å². The van der Waals surface area contributed by atoms with Crippen LogP contribution in [0.25, 0.3) is 66.5 Å². The Hall–Kier alpha value is -12.2. The molecule has 4 unspecified atom stereocenters. The molecular weight excluding hydrogens is 1740 g/mol. The van der Waals surface area contributed by atoms with E-state index in [1.165, 1.54) is 14.7 Å². The van der Waals surface area contributed by atoms with Crippen molar-refractivity contribution in [2.24, 2.45) is 23.5 Å². The van der Waals surface area contributed by atoms with Gasteiger partial charge < -0.3 is 78.6 Å². The number of methoxy groups -OCH3 is 3. The van der Waals surface area contributed by atoms with E-state index < -0.39 is 106 Å². The number of hydrogen-bond donors (Lipinski definition) is 4. The Kier molecular flexibility index (Phi) is 36.0. The second-order valence-corrected chi connectivity index (χ2v) is 32.0. The molecule has 3 saturated carbocycles.